The van der Waals surface area contributed by atoms with Gasteiger partial charge in [-0.1, -0.05) is 25.5 Å². The highest BCUT2D eigenvalue weighted by molar-refractivity contribution is 6.01. The molecule has 0 bridgehead atoms. The SMILES string of the molecule is CCC/C=C/C(C(=O)OC)=C(\C)C(=O)OC. The maximum Gasteiger partial charge on any atom is 0.338 e. The number of rotatable bonds is 5. The van der Waals surface area contributed by atoms with Crippen molar-refractivity contribution >= 4 is 11.9 Å². The molecular weight excluding hydrogens is 208 g/mol. The first kappa shape index (κ1) is 14.4. The van der Waals surface area contributed by atoms with E-state index in [1.807, 2.05) is 13.0 Å². The molecule has 0 unspecified atom stereocenters. The van der Waals surface area contributed by atoms with Crippen LogP contribution >= 0.6 is 0 Å². The summed E-state index contributed by atoms with van der Waals surface area (Å²) in [5, 5.41) is 0. The van der Waals surface area contributed by atoms with Crippen LogP contribution in [0.3, 0.4) is 0 Å². The number of carbonyl (C=O) groups excluding carboxylic acids is 2. The van der Waals surface area contributed by atoms with Gasteiger partial charge in [-0.25, -0.2) is 9.59 Å². The van der Waals surface area contributed by atoms with Gasteiger partial charge in [0, 0.05) is 5.57 Å². The Bertz CT molecular complexity index is 313. The number of ether oxygens (including phenoxy) is 2. The van der Waals surface area contributed by atoms with E-state index in [4.69, 9.17) is 0 Å². The van der Waals surface area contributed by atoms with Crippen LogP contribution in [-0.4, -0.2) is 26.2 Å². The molecule has 4 nitrogen and oxygen atoms in total. The lowest BCUT2D eigenvalue weighted by Gasteiger charge is -2.04. The number of hydrogen-bond acceptors (Lipinski definition) is 4. The molecule has 0 aromatic rings. The summed E-state index contributed by atoms with van der Waals surface area (Å²) >= 11 is 0. The zero-order valence-electron chi connectivity index (χ0n) is 10.2. The van der Waals surface area contributed by atoms with Crippen LogP contribution in [0.1, 0.15) is 26.7 Å². The van der Waals surface area contributed by atoms with Gasteiger partial charge in [-0.15, -0.1) is 0 Å². The Morgan fingerprint density at radius 2 is 1.69 bits per heavy atom. The summed E-state index contributed by atoms with van der Waals surface area (Å²) in [5.74, 6) is -1.06. The summed E-state index contributed by atoms with van der Waals surface area (Å²) in [6.45, 7) is 3.56. The summed E-state index contributed by atoms with van der Waals surface area (Å²) in [6, 6.07) is 0. The van der Waals surface area contributed by atoms with Crippen LogP contribution in [0.5, 0.6) is 0 Å². The van der Waals surface area contributed by atoms with Crippen LogP contribution in [0.2, 0.25) is 0 Å². The van der Waals surface area contributed by atoms with Gasteiger partial charge < -0.3 is 9.47 Å². The first-order valence-electron chi connectivity index (χ1n) is 5.12. The molecule has 0 spiro atoms. The predicted molar refractivity (Wildman–Crippen MR) is 60.8 cm³/mol. The molecule has 0 amide bonds. The maximum atomic E-state index is 11.4. The number of esters is 2. The Labute approximate surface area is 95.9 Å². The van der Waals surface area contributed by atoms with Crippen LogP contribution in [0.25, 0.3) is 0 Å². The molecule has 0 saturated heterocycles. The predicted octanol–water partition coefficient (Wildman–Crippen LogP) is 2.01. The summed E-state index contributed by atoms with van der Waals surface area (Å²) in [7, 11) is 2.55. The zero-order valence-corrected chi connectivity index (χ0v) is 10.2. The summed E-state index contributed by atoms with van der Waals surface area (Å²) in [5.41, 5.74) is 0.490. The molecule has 16 heavy (non-hydrogen) atoms. The van der Waals surface area contributed by atoms with Crippen molar-refractivity contribution in [2.45, 2.75) is 26.7 Å². The zero-order chi connectivity index (χ0) is 12.6. The second-order valence-corrected chi connectivity index (χ2v) is 3.21. The number of allylic oxidation sites excluding steroid dienone is 1. The van der Waals surface area contributed by atoms with E-state index in [0.717, 1.165) is 12.8 Å². The molecule has 0 aliphatic heterocycles. The van der Waals surface area contributed by atoms with Gasteiger partial charge in [-0.2, -0.15) is 0 Å². The van der Waals surface area contributed by atoms with Crippen molar-refractivity contribution in [2.75, 3.05) is 14.2 Å². The van der Waals surface area contributed by atoms with Gasteiger partial charge >= 0.3 is 11.9 Å². The molecule has 90 valence electrons. The van der Waals surface area contributed by atoms with E-state index in [2.05, 4.69) is 9.47 Å². The smallest absolute Gasteiger partial charge is 0.338 e. The number of unbranched alkanes of at least 4 members (excludes halogenated alkanes) is 1. The molecule has 4 heteroatoms. The topological polar surface area (TPSA) is 52.6 Å². The molecule has 0 radical (unpaired) electrons. The van der Waals surface area contributed by atoms with E-state index in [-0.39, 0.29) is 11.1 Å². The fourth-order valence-electron chi connectivity index (χ4n) is 1.09. The van der Waals surface area contributed by atoms with Crippen LogP contribution < -0.4 is 0 Å². The summed E-state index contributed by atoms with van der Waals surface area (Å²) in [4.78, 5) is 22.7. The second kappa shape index (κ2) is 7.68. The van der Waals surface area contributed by atoms with Gasteiger partial charge in [0.2, 0.25) is 0 Å². The molecule has 0 aliphatic carbocycles. The Balaban J connectivity index is 5.07. The van der Waals surface area contributed by atoms with E-state index in [1.54, 1.807) is 6.08 Å². The van der Waals surface area contributed by atoms with Gasteiger partial charge in [0.15, 0.2) is 0 Å². The maximum absolute atomic E-state index is 11.4. The van der Waals surface area contributed by atoms with E-state index in [1.165, 1.54) is 21.1 Å². The molecule has 0 aliphatic rings. The molecule has 0 aromatic heterocycles. The molecule has 0 heterocycles. The van der Waals surface area contributed by atoms with Crippen LogP contribution in [0.15, 0.2) is 23.3 Å². The van der Waals surface area contributed by atoms with Gasteiger partial charge in [0.05, 0.1) is 19.8 Å². The average molecular weight is 226 g/mol. The van der Waals surface area contributed by atoms with E-state index >= 15 is 0 Å². The van der Waals surface area contributed by atoms with Gasteiger partial charge in [-0.3, -0.25) is 0 Å². The van der Waals surface area contributed by atoms with E-state index < -0.39 is 11.9 Å². The van der Waals surface area contributed by atoms with Crippen molar-refractivity contribution < 1.29 is 19.1 Å². The fourth-order valence-corrected chi connectivity index (χ4v) is 1.09. The monoisotopic (exact) mass is 226 g/mol. The third-order valence-corrected chi connectivity index (χ3v) is 2.04. The minimum Gasteiger partial charge on any atom is -0.466 e. The lowest BCUT2D eigenvalue weighted by atomic mass is 10.1. The van der Waals surface area contributed by atoms with Crippen LogP contribution in [-0.2, 0) is 19.1 Å². The van der Waals surface area contributed by atoms with Crippen molar-refractivity contribution in [3.05, 3.63) is 23.3 Å². The standard InChI is InChI=1S/C12H18O4/c1-5-6-7-8-10(12(14)16-4)9(2)11(13)15-3/h7-8H,5-6H2,1-4H3/b8-7+,10-9-. The second-order valence-electron chi connectivity index (χ2n) is 3.21. The number of hydrogen-bond donors (Lipinski definition) is 0. The number of carbonyl (C=O) groups is 2. The molecule has 0 rings (SSSR count). The van der Waals surface area contributed by atoms with E-state index in [0.29, 0.717) is 0 Å². The Kier molecular flexibility index (Phi) is 6.92. The lowest BCUT2D eigenvalue weighted by molar-refractivity contribution is -0.139. The van der Waals surface area contributed by atoms with E-state index in [9.17, 15) is 9.59 Å². The average Bonchev–Trinajstić information content (AvgIpc) is 2.32. The fraction of sp³-hybridized carbons (Fsp3) is 0.500. The first-order chi connectivity index (χ1) is 7.58. The van der Waals surface area contributed by atoms with Crippen molar-refractivity contribution in [1.82, 2.24) is 0 Å². The highest BCUT2D eigenvalue weighted by atomic mass is 16.5. The Morgan fingerprint density at radius 3 is 2.12 bits per heavy atom. The molecular formula is C12H18O4. The lowest BCUT2D eigenvalue weighted by Crippen LogP contribution is -2.11. The largest absolute Gasteiger partial charge is 0.466 e. The summed E-state index contributed by atoms with van der Waals surface area (Å²) < 4.78 is 9.16. The Morgan fingerprint density at radius 1 is 1.12 bits per heavy atom. The molecule has 0 saturated carbocycles. The van der Waals surface area contributed by atoms with Crippen molar-refractivity contribution in [1.29, 1.82) is 0 Å². The van der Waals surface area contributed by atoms with Gasteiger partial charge in [0.25, 0.3) is 0 Å². The highest BCUT2D eigenvalue weighted by Gasteiger charge is 2.15. The van der Waals surface area contributed by atoms with Gasteiger partial charge in [0.1, 0.15) is 0 Å². The highest BCUT2D eigenvalue weighted by Crippen LogP contribution is 2.10. The molecule has 0 aromatic carbocycles. The minimum atomic E-state index is -0.532. The first-order valence-corrected chi connectivity index (χ1v) is 5.12. The van der Waals surface area contributed by atoms with Crippen molar-refractivity contribution in [2.24, 2.45) is 0 Å². The number of methoxy groups -OCH3 is 2. The third-order valence-electron chi connectivity index (χ3n) is 2.04. The molecule has 0 fully saturated rings. The molecule has 0 N–H and O–H groups in total. The normalized spacial score (nSPS) is 12.2. The summed E-state index contributed by atoms with van der Waals surface area (Å²) in [6.07, 6.45) is 5.25. The van der Waals surface area contributed by atoms with Crippen LogP contribution in [0.4, 0.5) is 0 Å². The van der Waals surface area contributed by atoms with Crippen LogP contribution in [0, 0.1) is 0 Å². The minimum absolute atomic E-state index is 0.239. The Hall–Kier alpha value is -1.58. The van der Waals surface area contributed by atoms with Gasteiger partial charge in [-0.05, 0) is 13.3 Å². The third kappa shape index (κ3) is 4.29. The molecule has 0 atom stereocenters. The van der Waals surface area contributed by atoms with Crippen molar-refractivity contribution in [3.63, 3.8) is 0 Å². The quantitative estimate of drug-likeness (QED) is 0.409. The van der Waals surface area contributed by atoms with Crippen molar-refractivity contribution in [3.8, 4) is 0 Å².